The van der Waals surface area contributed by atoms with Crippen LogP contribution in [-0.2, 0) is 14.8 Å². The molecule has 9 heteroatoms. The number of anilines is 2. The van der Waals surface area contributed by atoms with Gasteiger partial charge in [0, 0.05) is 18.1 Å². The van der Waals surface area contributed by atoms with E-state index in [9.17, 15) is 13.2 Å². The molecule has 3 aromatic rings. The molecule has 0 aliphatic heterocycles. The van der Waals surface area contributed by atoms with E-state index in [-0.39, 0.29) is 29.8 Å². The van der Waals surface area contributed by atoms with E-state index in [1.165, 1.54) is 36.7 Å². The topological polar surface area (TPSA) is 110 Å². The molecule has 0 aliphatic rings. The highest BCUT2D eigenvalue weighted by Crippen LogP contribution is 2.17. The number of amides is 1. The number of benzene rings is 2. The summed E-state index contributed by atoms with van der Waals surface area (Å²) in [4.78, 5) is 19.8. The fourth-order valence-electron chi connectivity index (χ4n) is 2.44. The Bertz CT molecular complexity index is 1070. The third-order valence-corrected chi connectivity index (χ3v) is 5.17. The number of nitrogens with one attached hydrogen (secondary N) is 2. The van der Waals surface area contributed by atoms with Crippen LogP contribution >= 0.6 is 0 Å². The van der Waals surface area contributed by atoms with Crippen molar-refractivity contribution in [2.45, 2.75) is 18.2 Å². The van der Waals surface area contributed by atoms with E-state index in [1.54, 1.807) is 6.07 Å². The van der Waals surface area contributed by atoms with Gasteiger partial charge >= 0.3 is 0 Å². The largest absolute Gasteiger partial charge is 0.493 e. The van der Waals surface area contributed by atoms with Crippen LogP contribution in [0.3, 0.4) is 0 Å². The normalized spacial score (nSPS) is 10.9. The maximum Gasteiger partial charge on any atom is 0.264 e. The van der Waals surface area contributed by atoms with E-state index in [0.29, 0.717) is 11.4 Å². The Balaban J connectivity index is 1.52. The lowest BCUT2D eigenvalue weighted by molar-refractivity contribution is -0.116. The van der Waals surface area contributed by atoms with Gasteiger partial charge in [0.15, 0.2) is 0 Å². The summed E-state index contributed by atoms with van der Waals surface area (Å²) < 4.78 is 32.5. The molecule has 0 unspecified atom stereocenters. The van der Waals surface area contributed by atoms with E-state index in [0.717, 1.165) is 5.56 Å². The molecular weight excluding hydrogens is 392 g/mol. The van der Waals surface area contributed by atoms with Crippen LogP contribution in [0.15, 0.2) is 71.9 Å². The highest BCUT2D eigenvalue weighted by molar-refractivity contribution is 7.92. The Morgan fingerprint density at radius 1 is 1.03 bits per heavy atom. The number of hydrogen-bond donors (Lipinski definition) is 2. The van der Waals surface area contributed by atoms with Crippen molar-refractivity contribution >= 4 is 27.6 Å². The summed E-state index contributed by atoms with van der Waals surface area (Å²) in [5, 5.41) is 2.71. The fourth-order valence-corrected chi connectivity index (χ4v) is 3.40. The predicted molar refractivity (Wildman–Crippen MR) is 109 cm³/mol. The van der Waals surface area contributed by atoms with Gasteiger partial charge in [-0.1, -0.05) is 12.1 Å². The minimum absolute atomic E-state index is 0.0153. The highest BCUT2D eigenvalue weighted by Gasteiger charge is 2.15. The van der Waals surface area contributed by atoms with E-state index >= 15 is 0 Å². The van der Waals surface area contributed by atoms with Crippen molar-refractivity contribution in [2.75, 3.05) is 16.6 Å². The second-order valence-electron chi connectivity index (χ2n) is 6.17. The molecule has 1 amide bonds. The summed E-state index contributed by atoms with van der Waals surface area (Å²) >= 11 is 0. The Hall–Kier alpha value is -3.46. The monoisotopic (exact) mass is 412 g/mol. The van der Waals surface area contributed by atoms with Crippen LogP contribution in [0.25, 0.3) is 0 Å². The first-order valence-electron chi connectivity index (χ1n) is 8.82. The molecule has 0 atom stereocenters. The molecule has 8 nitrogen and oxygen atoms in total. The first-order chi connectivity index (χ1) is 13.9. The number of carbonyl (C=O) groups is 1. The van der Waals surface area contributed by atoms with Gasteiger partial charge in [-0.15, -0.1) is 0 Å². The van der Waals surface area contributed by atoms with Gasteiger partial charge in [0.2, 0.25) is 11.9 Å². The molecule has 2 aromatic carbocycles. The van der Waals surface area contributed by atoms with Crippen LogP contribution in [0.2, 0.25) is 0 Å². The van der Waals surface area contributed by atoms with E-state index in [4.69, 9.17) is 4.74 Å². The van der Waals surface area contributed by atoms with Crippen molar-refractivity contribution in [1.29, 1.82) is 0 Å². The van der Waals surface area contributed by atoms with Gasteiger partial charge in [0.05, 0.1) is 17.9 Å². The average molecular weight is 412 g/mol. The second-order valence-corrected chi connectivity index (χ2v) is 7.85. The zero-order valence-electron chi connectivity index (χ0n) is 15.7. The van der Waals surface area contributed by atoms with Crippen molar-refractivity contribution in [2.24, 2.45) is 0 Å². The Labute approximate surface area is 169 Å². The summed E-state index contributed by atoms with van der Waals surface area (Å²) in [7, 11) is -3.81. The average Bonchev–Trinajstić information content (AvgIpc) is 2.69. The third-order valence-electron chi connectivity index (χ3n) is 3.83. The smallest absolute Gasteiger partial charge is 0.264 e. The summed E-state index contributed by atoms with van der Waals surface area (Å²) in [6.45, 7) is 2.20. The van der Waals surface area contributed by atoms with Gasteiger partial charge in [-0.3, -0.25) is 4.79 Å². The van der Waals surface area contributed by atoms with Crippen LogP contribution in [0.4, 0.5) is 11.6 Å². The summed E-state index contributed by atoms with van der Waals surface area (Å²) in [6, 6.07) is 15.0. The van der Waals surface area contributed by atoms with Crippen LogP contribution in [-0.4, -0.2) is 30.9 Å². The minimum Gasteiger partial charge on any atom is -0.493 e. The fraction of sp³-hybridized carbons (Fsp3) is 0.150. The SMILES string of the molecule is Cc1cccc(OCCC(=O)Nc2ccc(S(=O)(=O)Nc3ncccn3)cc2)c1. The number of aromatic nitrogens is 2. The molecule has 0 aliphatic carbocycles. The molecule has 1 heterocycles. The third kappa shape index (κ3) is 6.01. The van der Waals surface area contributed by atoms with Gasteiger partial charge in [-0.25, -0.2) is 23.1 Å². The molecule has 2 N–H and O–H groups in total. The molecule has 0 fully saturated rings. The highest BCUT2D eigenvalue weighted by atomic mass is 32.2. The first kappa shape index (κ1) is 20.3. The standard InChI is InChI=1S/C20H20N4O4S/c1-15-4-2-5-17(14-15)28-13-10-19(25)23-16-6-8-18(9-7-16)29(26,27)24-20-21-11-3-12-22-20/h2-9,11-12,14H,10,13H2,1H3,(H,23,25)(H,21,22,24). The van der Waals surface area contributed by atoms with Crippen molar-refractivity contribution in [3.8, 4) is 5.75 Å². The van der Waals surface area contributed by atoms with E-state index in [1.807, 2.05) is 31.2 Å². The number of aryl methyl sites for hydroxylation is 1. The van der Waals surface area contributed by atoms with Crippen LogP contribution < -0.4 is 14.8 Å². The molecule has 150 valence electrons. The minimum atomic E-state index is -3.81. The lowest BCUT2D eigenvalue weighted by atomic mass is 10.2. The number of ether oxygens (including phenoxy) is 1. The summed E-state index contributed by atoms with van der Waals surface area (Å²) in [5.74, 6) is 0.463. The number of rotatable bonds is 8. The molecule has 0 saturated carbocycles. The van der Waals surface area contributed by atoms with Crippen molar-refractivity contribution in [1.82, 2.24) is 9.97 Å². The first-order valence-corrected chi connectivity index (χ1v) is 10.3. The van der Waals surface area contributed by atoms with Crippen LogP contribution in [0.5, 0.6) is 5.75 Å². The lowest BCUT2D eigenvalue weighted by Gasteiger charge is -2.09. The number of hydrogen-bond acceptors (Lipinski definition) is 6. The predicted octanol–water partition coefficient (Wildman–Crippen LogP) is 2.99. The number of sulfonamides is 1. The van der Waals surface area contributed by atoms with E-state index < -0.39 is 10.0 Å². The molecule has 3 rings (SSSR count). The van der Waals surface area contributed by atoms with E-state index in [2.05, 4.69) is 20.0 Å². The molecule has 29 heavy (non-hydrogen) atoms. The van der Waals surface area contributed by atoms with Gasteiger partial charge < -0.3 is 10.1 Å². The Kier molecular flexibility index (Phi) is 6.40. The van der Waals surface area contributed by atoms with Gasteiger partial charge in [0.25, 0.3) is 10.0 Å². The van der Waals surface area contributed by atoms with Crippen molar-refractivity contribution in [3.63, 3.8) is 0 Å². The second kappa shape index (κ2) is 9.16. The van der Waals surface area contributed by atoms with Crippen molar-refractivity contribution < 1.29 is 17.9 Å². The molecular formula is C20H20N4O4S. The maximum atomic E-state index is 12.3. The maximum absolute atomic E-state index is 12.3. The lowest BCUT2D eigenvalue weighted by Crippen LogP contribution is -2.16. The molecule has 0 radical (unpaired) electrons. The molecule has 0 spiro atoms. The quantitative estimate of drug-likeness (QED) is 0.588. The van der Waals surface area contributed by atoms with Gasteiger partial charge in [-0.05, 0) is 55.0 Å². The van der Waals surface area contributed by atoms with Gasteiger partial charge in [-0.2, -0.15) is 0 Å². The van der Waals surface area contributed by atoms with Crippen molar-refractivity contribution in [3.05, 3.63) is 72.6 Å². The number of nitrogens with zero attached hydrogens (tertiary/aromatic N) is 2. The molecule has 1 aromatic heterocycles. The Morgan fingerprint density at radius 2 is 1.76 bits per heavy atom. The zero-order valence-corrected chi connectivity index (χ0v) is 16.5. The summed E-state index contributed by atoms with van der Waals surface area (Å²) in [5.41, 5.74) is 1.57. The Morgan fingerprint density at radius 3 is 2.45 bits per heavy atom. The molecule has 0 saturated heterocycles. The summed E-state index contributed by atoms with van der Waals surface area (Å²) in [6.07, 6.45) is 3.04. The van der Waals surface area contributed by atoms with Crippen LogP contribution in [0.1, 0.15) is 12.0 Å². The van der Waals surface area contributed by atoms with Gasteiger partial charge in [0.1, 0.15) is 5.75 Å². The number of carbonyl (C=O) groups excluding carboxylic acids is 1. The zero-order chi connectivity index (χ0) is 20.7. The van der Waals surface area contributed by atoms with Crippen LogP contribution in [0, 0.1) is 6.92 Å². The molecule has 0 bridgehead atoms.